The Labute approximate surface area is 164 Å². The third kappa shape index (κ3) is 3.49. The molecule has 0 bridgehead atoms. The zero-order chi connectivity index (χ0) is 20.4. The molecule has 0 saturated heterocycles. The van der Waals surface area contributed by atoms with Crippen molar-refractivity contribution >= 4 is 39.8 Å². The van der Waals surface area contributed by atoms with E-state index in [1.807, 2.05) is 13.8 Å². The number of carbonyl (C=O) groups excluding carboxylic acids is 1. The van der Waals surface area contributed by atoms with Gasteiger partial charge in [-0.1, -0.05) is 23.7 Å². The van der Waals surface area contributed by atoms with Crippen molar-refractivity contribution in [2.24, 2.45) is 0 Å². The molecule has 1 aromatic heterocycles. The van der Waals surface area contributed by atoms with Gasteiger partial charge in [0.05, 0.1) is 5.56 Å². The summed E-state index contributed by atoms with van der Waals surface area (Å²) < 4.78 is 41.6. The summed E-state index contributed by atoms with van der Waals surface area (Å²) in [5.41, 5.74) is -0.397. The van der Waals surface area contributed by atoms with Crippen molar-refractivity contribution in [2.75, 3.05) is 18.4 Å². The second kappa shape index (κ2) is 8.06. The van der Waals surface area contributed by atoms with Gasteiger partial charge in [-0.3, -0.25) is 4.79 Å². The lowest BCUT2D eigenvalue weighted by Crippen LogP contribution is -2.30. The van der Waals surface area contributed by atoms with Crippen LogP contribution in [-0.4, -0.2) is 28.9 Å². The molecule has 146 valence electrons. The van der Waals surface area contributed by atoms with Crippen LogP contribution in [0, 0.1) is 17.5 Å². The fourth-order valence-corrected chi connectivity index (χ4v) is 3.24. The molecule has 0 spiro atoms. The first-order chi connectivity index (χ1) is 13.4. The van der Waals surface area contributed by atoms with E-state index in [0.717, 1.165) is 6.07 Å². The van der Waals surface area contributed by atoms with Gasteiger partial charge in [0, 0.05) is 35.1 Å². The summed E-state index contributed by atoms with van der Waals surface area (Å²) in [6.45, 7) is 4.70. The molecule has 1 heterocycles. The summed E-state index contributed by atoms with van der Waals surface area (Å²) in [7, 11) is 0. The number of carbonyl (C=O) groups is 1. The molecule has 28 heavy (non-hydrogen) atoms. The largest absolute Gasteiger partial charge is 0.339 e. The molecule has 8 heteroatoms. The van der Waals surface area contributed by atoms with E-state index in [-0.39, 0.29) is 17.3 Å². The minimum absolute atomic E-state index is 0.0528. The van der Waals surface area contributed by atoms with E-state index in [4.69, 9.17) is 11.6 Å². The first kappa shape index (κ1) is 19.9. The van der Waals surface area contributed by atoms with Crippen molar-refractivity contribution in [1.82, 2.24) is 9.88 Å². The molecule has 0 aliphatic rings. The Kier molecular flexibility index (Phi) is 5.74. The highest BCUT2D eigenvalue weighted by Gasteiger charge is 2.21. The van der Waals surface area contributed by atoms with Crippen LogP contribution in [0.25, 0.3) is 10.8 Å². The minimum atomic E-state index is -1.36. The van der Waals surface area contributed by atoms with Crippen LogP contribution in [0.4, 0.5) is 24.7 Å². The lowest BCUT2D eigenvalue weighted by atomic mass is 10.1. The van der Waals surface area contributed by atoms with Crippen molar-refractivity contribution in [2.45, 2.75) is 13.8 Å². The Hall–Kier alpha value is -2.80. The Morgan fingerprint density at radius 3 is 2.46 bits per heavy atom. The number of amides is 1. The van der Waals surface area contributed by atoms with E-state index in [2.05, 4.69) is 10.3 Å². The highest BCUT2D eigenvalue weighted by molar-refractivity contribution is 6.37. The van der Waals surface area contributed by atoms with E-state index >= 15 is 0 Å². The van der Waals surface area contributed by atoms with E-state index in [1.165, 1.54) is 6.20 Å². The number of nitrogens with zero attached hydrogens (tertiary/aromatic N) is 2. The normalized spacial score (nSPS) is 10.9. The molecule has 0 atom stereocenters. The van der Waals surface area contributed by atoms with Crippen molar-refractivity contribution < 1.29 is 18.0 Å². The Bertz CT molecular complexity index is 1050. The van der Waals surface area contributed by atoms with Crippen molar-refractivity contribution in [3.63, 3.8) is 0 Å². The zero-order valence-corrected chi connectivity index (χ0v) is 15.9. The second-order valence-electron chi connectivity index (χ2n) is 6.00. The third-order valence-corrected chi connectivity index (χ3v) is 4.74. The molecule has 0 radical (unpaired) electrons. The van der Waals surface area contributed by atoms with Gasteiger partial charge in [0.2, 0.25) is 0 Å². The number of hydrogen-bond acceptors (Lipinski definition) is 3. The molecule has 3 rings (SSSR count). The molecule has 0 aliphatic heterocycles. The van der Waals surface area contributed by atoms with E-state index in [9.17, 15) is 18.0 Å². The number of anilines is 2. The lowest BCUT2D eigenvalue weighted by molar-refractivity contribution is 0.0774. The average molecular weight is 408 g/mol. The molecular formula is C20H17ClF3N3O. The van der Waals surface area contributed by atoms with Crippen LogP contribution in [0.15, 0.2) is 36.5 Å². The van der Waals surface area contributed by atoms with Gasteiger partial charge in [-0.2, -0.15) is 0 Å². The first-order valence-corrected chi connectivity index (χ1v) is 9.03. The van der Waals surface area contributed by atoms with Gasteiger partial charge in [-0.15, -0.1) is 0 Å². The molecule has 4 nitrogen and oxygen atoms in total. The van der Waals surface area contributed by atoms with Gasteiger partial charge < -0.3 is 10.2 Å². The van der Waals surface area contributed by atoms with Crippen LogP contribution in [0.2, 0.25) is 5.02 Å². The number of rotatable bonds is 5. The predicted molar refractivity (Wildman–Crippen MR) is 104 cm³/mol. The highest BCUT2D eigenvalue weighted by atomic mass is 35.5. The number of aromatic nitrogens is 1. The topological polar surface area (TPSA) is 45.2 Å². The summed E-state index contributed by atoms with van der Waals surface area (Å²) in [5.74, 6) is -3.73. The van der Waals surface area contributed by atoms with Gasteiger partial charge in [-0.25, -0.2) is 18.2 Å². The summed E-state index contributed by atoms with van der Waals surface area (Å²) in [4.78, 5) is 18.6. The van der Waals surface area contributed by atoms with Gasteiger partial charge >= 0.3 is 0 Å². The van der Waals surface area contributed by atoms with Gasteiger partial charge in [0.25, 0.3) is 5.91 Å². The summed E-state index contributed by atoms with van der Waals surface area (Å²) in [6.07, 6.45) is 1.30. The van der Waals surface area contributed by atoms with Crippen LogP contribution in [0.1, 0.15) is 24.2 Å². The van der Waals surface area contributed by atoms with Crippen LogP contribution in [0.5, 0.6) is 0 Å². The first-order valence-electron chi connectivity index (χ1n) is 8.66. The number of nitrogens with one attached hydrogen (secondary N) is 1. The average Bonchev–Trinajstić information content (AvgIpc) is 2.69. The molecule has 0 saturated carbocycles. The van der Waals surface area contributed by atoms with E-state index < -0.39 is 23.1 Å². The monoisotopic (exact) mass is 407 g/mol. The summed E-state index contributed by atoms with van der Waals surface area (Å²) in [5, 5.41) is 3.56. The maximum absolute atomic E-state index is 14.0. The molecular weight excluding hydrogens is 391 g/mol. The molecule has 1 amide bonds. The number of hydrogen-bond donors (Lipinski definition) is 1. The molecule has 0 unspecified atom stereocenters. The van der Waals surface area contributed by atoms with Crippen LogP contribution < -0.4 is 5.32 Å². The molecule has 0 fully saturated rings. The molecule has 3 aromatic rings. The number of benzene rings is 2. The SMILES string of the molecule is CCN(CC)C(=O)c1cnc(Nc2c(F)ccc(F)c2F)c2cccc(Cl)c12. The fourth-order valence-electron chi connectivity index (χ4n) is 2.96. The van der Waals surface area contributed by atoms with Crippen LogP contribution in [0.3, 0.4) is 0 Å². The number of pyridine rings is 1. The molecule has 0 aliphatic carbocycles. The van der Waals surface area contributed by atoms with Crippen LogP contribution >= 0.6 is 11.6 Å². The maximum Gasteiger partial charge on any atom is 0.256 e. The quantitative estimate of drug-likeness (QED) is 0.565. The zero-order valence-electron chi connectivity index (χ0n) is 15.2. The Balaban J connectivity index is 2.18. The summed E-state index contributed by atoms with van der Waals surface area (Å²) >= 11 is 6.33. The van der Waals surface area contributed by atoms with Gasteiger partial charge in [0.15, 0.2) is 11.6 Å². The van der Waals surface area contributed by atoms with Crippen LogP contribution in [-0.2, 0) is 0 Å². The lowest BCUT2D eigenvalue weighted by Gasteiger charge is -2.20. The smallest absolute Gasteiger partial charge is 0.256 e. The van der Waals surface area contributed by atoms with Gasteiger partial charge in [-0.05, 0) is 32.0 Å². The van der Waals surface area contributed by atoms with Crippen molar-refractivity contribution in [3.05, 3.63) is 64.6 Å². The predicted octanol–water partition coefficient (Wildman–Crippen LogP) is 5.53. The van der Waals surface area contributed by atoms with Crippen molar-refractivity contribution in [1.29, 1.82) is 0 Å². The van der Waals surface area contributed by atoms with E-state index in [1.54, 1.807) is 23.1 Å². The minimum Gasteiger partial charge on any atom is -0.339 e. The summed E-state index contributed by atoms with van der Waals surface area (Å²) in [6, 6.07) is 6.36. The standard InChI is InChI=1S/C20H17ClF3N3O/c1-3-27(4-2)20(28)12-10-25-19(11-6-5-7-13(21)16(11)12)26-18-15(23)9-8-14(22)17(18)24/h5-10H,3-4H2,1-2H3,(H,25,26). The highest BCUT2D eigenvalue weighted by Crippen LogP contribution is 2.34. The Morgan fingerprint density at radius 2 is 1.79 bits per heavy atom. The Morgan fingerprint density at radius 1 is 1.11 bits per heavy atom. The van der Waals surface area contributed by atoms with Crippen molar-refractivity contribution in [3.8, 4) is 0 Å². The fraction of sp³-hybridized carbons (Fsp3) is 0.200. The maximum atomic E-state index is 14.0. The number of fused-ring (bicyclic) bond motifs is 1. The second-order valence-corrected chi connectivity index (χ2v) is 6.41. The molecule has 1 N–H and O–H groups in total. The molecule has 2 aromatic carbocycles. The van der Waals surface area contributed by atoms with E-state index in [0.29, 0.717) is 35.0 Å². The van der Waals surface area contributed by atoms with Gasteiger partial charge in [0.1, 0.15) is 17.3 Å². The third-order valence-electron chi connectivity index (χ3n) is 4.43. The number of halogens is 4.